The molecule has 6 nitrogen and oxygen atoms in total. The summed E-state index contributed by atoms with van der Waals surface area (Å²) in [5, 5.41) is 4.32. The van der Waals surface area contributed by atoms with Crippen LogP contribution in [-0.2, 0) is 11.3 Å². The minimum atomic E-state index is 0.362. The lowest BCUT2D eigenvalue weighted by Crippen LogP contribution is -1.95. The average molecular weight is 230 g/mol. The lowest BCUT2D eigenvalue weighted by atomic mass is 10.3. The van der Waals surface area contributed by atoms with Crippen molar-refractivity contribution >= 4 is 5.78 Å². The second-order valence-electron chi connectivity index (χ2n) is 3.48. The van der Waals surface area contributed by atoms with Crippen LogP contribution in [0.3, 0.4) is 0 Å². The Hall–Kier alpha value is -2.21. The number of nitrogens with zero attached hydrogens (tertiary/aromatic N) is 4. The molecule has 0 fully saturated rings. The van der Waals surface area contributed by atoms with Crippen molar-refractivity contribution in [1.29, 1.82) is 0 Å². The average Bonchev–Trinajstić information content (AvgIpc) is 2.97. The van der Waals surface area contributed by atoms with Crippen LogP contribution in [0, 0.1) is 0 Å². The van der Waals surface area contributed by atoms with Gasteiger partial charge in [-0.3, -0.25) is 0 Å². The van der Waals surface area contributed by atoms with Crippen LogP contribution >= 0.6 is 0 Å². The Kier molecular flexibility index (Phi) is 2.34. The van der Waals surface area contributed by atoms with Gasteiger partial charge in [0.25, 0.3) is 5.78 Å². The molecule has 86 valence electrons. The van der Waals surface area contributed by atoms with E-state index in [4.69, 9.17) is 9.15 Å². The van der Waals surface area contributed by atoms with Gasteiger partial charge in [0, 0.05) is 13.3 Å². The van der Waals surface area contributed by atoms with Crippen LogP contribution in [0.5, 0.6) is 0 Å². The predicted molar refractivity (Wildman–Crippen MR) is 59.2 cm³/mol. The zero-order valence-electron chi connectivity index (χ0n) is 9.20. The van der Waals surface area contributed by atoms with E-state index in [2.05, 4.69) is 15.1 Å². The maximum Gasteiger partial charge on any atom is 0.253 e. The minimum Gasteiger partial charge on any atom is -0.463 e. The van der Waals surface area contributed by atoms with E-state index >= 15 is 0 Å². The van der Waals surface area contributed by atoms with Crippen molar-refractivity contribution in [2.75, 3.05) is 7.11 Å². The topological polar surface area (TPSA) is 65.5 Å². The van der Waals surface area contributed by atoms with Crippen LogP contribution in [0.2, 0.25) is 0 Å². The molecule has 0 spiro atoms. The highest BCUT2D eigenvalue weighted by molar-refractivity contribution is 5.54. The molecule has 0 aliphatic heterocycles. The molecule has 0 atom stereocenters. The van der Waals surface area contributed by atoms with Crippen LogP contribution in [0.1, 0.15) is 5.82 Å². The molecule has 6 heteroatoms. The number of aromatic nitrogens is 4. The summed E-state index contributed by atoms with van der Waals surface area (Å²) in [6, 6.07) is 5.53. The summed E-state index contributed by atoms with van der Waals surface area (Å²) < 4.78 is 12.0. The van der Waals surface area contributed by atoms with Crippen LogP contribution < -0.4 is 0 Å². The summed E-state index contributed by atoms with van der Waals surface area (Å²) in [7, 11) is 1.60. The third kappa shape index (κ3) is 1.68. The second-order valence-corrected chi connectivity index (χ2v) is 3.48. The molecule has 0 saturated carbocycles. The number of hydrogen-bond acceptors (Lipinski definition) is 5. The Morgan fingerprint density at radius 3 is 3.12 bits per heavy atom. The fraction of sp³-hybridized carbons (Fsp3) is 0.182. The van der Waals surface area contributed by atoms with E-state index in [1.54, 1.807) is 24.1 Å². The van der Waals surface area contributed by atoms with Crippen LogP contribution in [0.25, 0.3) is 17.2 Å². The Bertz CT molecular complexity index is 630. The van der Waals surface area contributed by atoms with Crippen LogP contribution in [0.15, 0.2) is 35.1 Å². The summed E-state index contributed by atoms with van der Waals surface area (Å²) >= 11 is 0. The van der Waals surface area contributed by atoms with E-state index in [0.29, 0.717) is 18.2 Å². The predicted octanol–water partition coefficient (Wildman–Crippen LogP) is 1.53. The zero-order chi connectivity index (χ0) is 11.7. The molecule has 0 radical (unpaired) electrons. The fourth-order valence-corrected chi connectivity index (χ4v) is 1.64. The molecule has 0 N–H and O–H groups in total. The van der Waals surface area contributed by atoms with Crippen molar-refractivity contribution in [2.45, 2.75) is 6.61 Å². The minimum absolute atomic E-state index is 0.362. The van der Waals surface area contributed by atoms with Gasteiger partial charge in [-0.05, 0) is 18.2 Å². The monoisotopic (exact) mass is 230 g/mol. The fourth-order valence-electron chi connectivity index (χ4n) is 1.64. The molecule has 0 aromatic carbocycles. The normalized spacial score (nSPS) is 11.1. The van der Waals surface area contributed by atoms with Gasteiger partial charge in [-0.1, -0.05) is 0 Å². The highest BCUT2D eigenvalue weighted by atomic mass is 16.5. The summed E-state index contributed by atoms with van der Waals surface area (Å²) in [6.07, 6.45) is 3.30. The van der Waals surface area contributed by atoms with Crippen LogP contribution in [0.4, 0.5) is 0 Å². The van der Waals surface area contributed by atoms with Gasteiger partial charge < -0.3 is 9.15 Å². The smallest absolute Gasteiger partial charge is 0.253 e. The quantitative estimate of drug-likeness (QED) is 0.682. The number of hydrogen-bond donors (Lipinski definition) is 0. The van der Waals surface area contributed by atoms with Gasteiger partial charge in [0.1, 0.15) is 12.3 Å². The number of methoxy groups -OCH3 is 1. The Balaban J connectivity index is 2.18. The largest absolute Gasteiger partial charge is 0.463 e. The highest BCUT2D eigenvalue weighted by Gasteiger charge is 2.10. The number of rotatable bonds is 3. The summed E-state index contributed by atoms with van der Waals surface area (Å²) in [5.74, 6) is 1.86. The third-order valence-corrected chi connectivity index (χ3v) is 2.33. The number of fused-ring (bicyclic) bond motifs is 1. The maximum absolute atomic E-state index is 5.35. The molecule has 0 unspecified atom stereocenters. The van der Waals surface area contributed by atoms with Gasteiger partial charge in [-0.25, -0.2) is 4.98 Å². The van der Waals surface area contributed by atoms with Crippen molar-refractivity contribution in [2.24, 2.45) is 0 Å². The molecular weight excluding hydrogens is 220 g/mol. The molecular formula is C11H10N4O2. The third-order valence-electron chi connectivity index (χ3n) is 2.33. The molecule has 0 bridgehead atoms. The van der Waals surface area contributed by atoms with E-state index in [1.807, 2.05) is 18.2 Å². The molecule has 0 aliphatic rings. The first kappa shape index (κ1) is 9.98. The summed E-state index contributed by atoms with van der Waals surface area (Å²) in [6.45, 7) is 0.362. The van der Waals surface area contributed by atoms with Crippen molar-refractivity contribution in [1.82, 2.24) is 19.6 Å². The van der Waals surface area contributed by atoms with Gasteiger partial charge in [-0.15, -0.1) is 5.10 Å². The van der Waals surface area contributed by atoms with Crippen molar-refractivity contribution in [3.8, 4) is 11.5 Å². The Morgan fingerprint density at radius 1 is 1.41 bits per heavy atom. The van der Waals surface area contributed by atoms with Gasteiger partial charge in [-0.2, -0.15) is 9.50 Å². The molecule has 0 saturated heterocycles. The van der Waals surface area contributed by atoms with Crippen molar-refractivity contribution in [3.63, 3.8) is 0 Å². The van der Waals surface area contributed by atoms with Crippen molar-refractivity contribution in [3.05, 3.63) is 36.5 Å². The van der Waals surface area contributed by atoms with Gasteiger partial charge in [0.05, 0.1) is 6.26 Å². The molecule has 3 aromatic heterocycles. The lowest BCUT2D eigenvalue weighted by Gasteiger charge is -1.98. The molecule has 3 heterocycles. The first-order chi connectivity index (χ1) is 8.38. The summed E-state index contributed by atoms with van der Waals surface area (Å²) in [4.78, 5) is 8.39. The standard InChI is InChI=1S/C11H10N4O2/c1-16-7-10-13-11-12-5-4-8(15(11)14-10)9-3-2-6-17-9/h2-6H,7H2,1H3. The van der Waals surface area contributed by atoms with E-state index < -0.39 is 0 Å². The molecule has 17 heavy (non-hydrogen) atoms. The van der Waals surface area contributed by atoms with E-state index in [-0.39, 0.29) is 0 Å². The highest BCUT2D eigenvalue weighted by Crippen LogP contribution is 2.19. The van der Waals surface area contributed by atoms with Gasteiger partial charge in [0.2, 0.25) is 0 Å². The molecule has 3 rings (SSSR count). The summed E-state index contributed by atoms with van der Waals surface area (Å²) in [5.41, 5.74) is 0.815. The van der Waals surface area contributed by atoms with Crippen molar-refractivity contribution < 1.29 is 9.15 Å². The first-order valence-corrected chi connectivity index (χ1v) is 5.12. The molecule has 0 aliphatic carbocycles. The first-order valence-electron chi connectivity index (χ1n) is 5.12. The molecule has 0 amide bonds. The Morgan fingerprint density at radius 2 is 2.35 bits per heavy atom. The number of ether oxygens (including phenoxy) is 1. The SMILES string of the molecule is COCc1nc2nccc(-c3ccco3)n2n1. The zero-order valence-corrected chi connectivity index (χ0v) is 9.20. The van der Waals surface area contributed by atoms with Crippen LogP contribution in [-0.4, -0.2) is 26.7 Å². The second kappa shape index (κ2) is 3.99. The van der Waals surface area contributed by atoms with E-state index in [1.165, 1.54) is 0 Å². The number of furan rings is 1. The van der Waals surface area contributed by atoms with Gasteiger partial charge >= 0.3 is 0 Å². The lowest BCUT2D eigenvalue weighted by molar-refractivity contribution is 0.178. The van der Waals surface area contributed by atoms with Gasteiger partial charge in [0.15, 0.2) is 11.6 Å². The van der Waals surface area contributed by atoms with E-state index in [0.717, 1.165) is 11.5 Å². The molecule has 3 aromatic rings. The van der Waals surface area contributed by atoms with E-state index in [9.17, 15) is 0 Å². The maximum atomic E-state index is 5.35. The Labute approximate surface area is 96.9 Å².